The molecule has 0 rings (SSSR count). The fourth-order valence-corrected chi connectivity index (χ4v) is 2.92. The molecule has 0 aliphatic heterocycles. The molecule has 0 spiro atoms. The Morgan fingerprint density at radius 2 is 1.55 bits per heavy atom. The number of nitrogens with two attached hydrogens (primary N) is 3. The first-order valence-corrected chi connectivity index (χ1v) is 11.2. The molecule has 0 radical (unpaired) electrons. The molecule has 0 saturated heterocycles. The Hall–Kier alpha value is -2.58. The first kappa shape index (κ1) is 30.4. The van der Waals surface area contributed by atoms with Crippen LogP contribution in [-0.4, -0.2) is 82.4 Å². The van der Waals surface area contributed by atoms with Crippen molar-refractivity contribution in [3.63, 3.8) is 0 Å². The number of carboxylic acid groups (broad SMARTS) is 1. The van der Waals surface area contributed by atoms with Crippen molar-refractivity contribution in [2.24, 2.45) is 28.1 Å². The van der Waals surface area contributed by atoms with Crippen LogP contribution in [0.3, 0.4) is 0 Å². The molecule has 0 heterocycles. The van der Waals surface area contributed by atoms with E-state index in [0.717, 1.165) is 0 Å². The number of hydrogen-bond acceptors (Lipinski definition) is 8. The molecule has 0 aromatic heterocycles. The van der Waals surface area contributed by atoms with Gasteiger partial charge in [0.1, 0.15) is 12.1 Å². The van der Waals surface area contributed by atoms with Gasteiger partial charge in [-0.15, -0.1) is 0 Å². The molecule has 190 valence electrons. The van der Waals surface area contributed by atoms with E-state index in [1.165, 1.54) is 6.92 Å². The van der Waals surface area contributed by atoms with E-state index in [4.69, 9.17) is 22.3 Å². The van der Waals surface area contributed by atoms with Crippen LogP contribution in [0.4, 0.5) is 0 Å². The highest BCUT2D eigenvalue weighted by Crippen LogP contribution is 2.07. The maximum atomic E-state index is 12.9. The van der Waals surface area contributed by atoms with Gasteiger partial charge in [0.25, 0.3) is 0 Å². The Labute approximate surface area is 198 Å². The first-order chi connectivity index (χ1) is 15.3. The van der Waals surface area contributed by atoms with Crippen molar-refractivity contribution in [1.82, 2.24) is 16.0 Å². The Morgan fingerprint density at radius 1 is 1.00 bits per heavy atom. The number of aliphatic hydroxyl groups is 1. The summed E-state index contributed by atoms with van der Waals surface area (Å²) in [4.78, 5) is 52.9. The van der Waals surface area contributed by atoms with Gasteiger partial charge in [0, 0.05) is 12.3 Å². The number of rotatable bonds is 15. The van der Waals surface area contributed by atoms with Crippen molar-refractivity contribution in [3.05, 3.63) is 0 Å². The van der Waals surface area contributed by atoms with Gasteiger partial charge in [0.05, 0.1) is 12.1 Å². The van der Waals surface area contributed by atoms with Crippen LogP contribution < -0.4 is 33.2 Å². The quantitative estimate of drug-likeness (QED) is 0.0499. The minimum Gasteiger partial charge on any atom is -0.480 e. The minimum absolute atomic E-state index is 0.114. The average Bonchev–Trinajstić information content (AvgIpc) is 2.75. The van der Waals surface area contributed by atoms with Crippen LogP contribution in [0.1, 0.15) is 40.0 Å². The Kier molecular flexibility index (Phi) is 14.1. The zero-order valence-electron chi connectivity index (χ0n) is 19.2. The molecule has 13 nitrogen and oxygen atoms in total. The number of nitrogens with zero attached hydrogens (tertiary/aromatic N) is 1. The molecule has 0 aliphatic rings. The maximum Gasteiger partial charge on any atom is 0.328 e. The largest absolute Gasteiger partial charge is 0.480 e. The summed E-state index contributed by atoms with van der Waals surface area (Å²) >= 11 is 4.04. The van der Waals surface area contributed by atoms with E-state index >= 15 is 0 Å². The molecule has 3 amide bonds. The molecule has 14 heteroatoms. The predicted octanol–water partition coefficient (Wildman–Crippen LogP) is -2.74. The Morgan fingerprint density at radius 3 is 2.00 bits per heavy atom. The number of thiol groups is 1. The monoisotopic (exact) mass is 491 g/mol. The van der Waals surface area contributed by atoms with E-state index in [1.807, 2.05) is 6.92 Å². The van der Waals surface area contributed by atoms with Gasteiger partial charge in [-0.3, -0.25) is 19.4 Å². The summed E-state index contributed by atoms with van der Waals surface area (Å²) in [6.07, 6.45) is -0.220. The number of aliphatic imine (C=N–C) groups is 1. The summed E-state index contributed by atoms with van der Waals surface area (Å²) in [7, 11) is 0. The van der Waals surface area contributed by atoms with Crippen molar-refractivity contribution < 1.29 is 29.4 Å². The van der Waals surface area contributed by atoms with Crippen LogP contribution in [0.5, 0.6) is 0 Å². The molecule has 0 aliphatic carbocycles. The van der Waals surface area contributed by atoms with Crippen LogP contribution in [0.2, 0.25) is 0 Å². The number of nitrogens with one attached hydrogen (secondary N) is 3. The van der Waals surface area contributed by atoms with Crippen molar-refractivity contribution in [3.8, 4) is 0 Å². The third kappa shape index (κ3) is 11.2. The van der Waals surface area contributed by atoms with Gasteiger partial charge < -0.3 is 43.4 Å². The maximum absolute atomic E-state index is 12.9. The second-order valence-corrected chi connectivity index (χ2v) is 8.10. The summed E-state index contributed by atoms with van der Waals surface area (Å²) in [5.74, 6) is -3.91. The minimum atomic E-state index is -1.57. The molecule has 6 atom stereocenters. The van der Waals surface area contributed by atoms with Crippen molar-refractivity contribution >= 4 is 42.3 Å². The smallest absolute Gasteiger partial charge is 0.328 e. The number of aliphatic hydroxyl groups excluding tert-OH is 1. The summed E-state index contributed by atoms with van der Waals surface area (Å²) in [6, 6.07) is -4.68. The van der Waals surface area contributed by atoms with Gasteiger partial charge in [-0.2, -0.15) is 12.6 Å². The number of hydrogen-bond donors (Lipinski definition) is 9. The third-order valence-electron chi connectivity index (χ3n) is 5.00. The number of amides is 3. The zero-order valence-corrected chi connectivity index (χ0v) is 20.0. The third-order valence-corrected chi connectivity index (χ3v) is 5.36. The SMILES string of the molecule is CCC(C)C(N)C(=O)NC(CCCN=C(N)N)C(=O)NC(CS)C(=O)NC(C(=O)O)C(C)O. The van der Waals surface area contributed by atoms with E-state index in [-0.39, 0.29) is 30.6 Å². The van der Waals surface area contributed by atoms with E-state index in [1.54, 1.807) is 6.92 Å². The lowest BCUT2D eigenvalue weighted by molar-refractivity contribution is -0.145. The molecule has 11 N–H and O–H groups in total. The van der Waals surface area contributed by atoms with E-state index < -0.39 is 54.0 Å². The standard InChI is InChI=1S/C19H37N7O6S/c1-4-9(2)13(20)17(30)24-11(6-5-7-23-19(21)22)15(28)25-12(8-33)16(29)26-14(10(3)27)18(31)32/h9-14,27,33H,4-8,20H2,1-3H3,(H,24,30)(H,25,28)(H,26,29)(H,31,32)(H4,21,22,23). The molecule has 6 unspecified atom stereocenters. The van der Waals surface area contributed by atoms with Crippen molar-refractivity contribution in [1.29, 1.82) is 0 Å². The second kappa shape index (κ2) is 15.3. The second-order valence-electron chi connectivity index (χ2n) is 7.73. The molecule has 0 bridgehead atoms. The topological polar surface area (TPSA) is 235 Å². The number of carboxylic acids is 1. The van der Waals surface area contributed by atoms with E-state index in [2.05, 4.69) is 33.6 Å². The molecule has 0 aromatic carbocycles. The molecule has 0 fully saturated rings. The Bertz CT molecular complexity index is 702. The number of guanidine groups is 1. The molecule has 33 heavy (non-hydrogen) atoms. The highest BCUT2D eigenvalue weighted by atomic mass is 32.1. The van der Waals surface area contributed by atoms with E-state index in [9.17, 15) is 24.3 Å². The lowest BCUT2D eigenvalue weighted by Crippen LogP contribution is -2.59. The lowest BCUT2D eigenvalue weighted by Gasteiger charge is -2.26. The molecular formula is C19H37N7O6S. The highest BCUT2D eigenvalue weighted by molar-refractivity contribution is 7.80. The predicted molar refractivity (Wildman–Crippen MR) is 126 cm³/mol. The van der Waals surface area contributed by atoms with Crippen LogP contribution in [-0.2, 0) is 19.2 Å². The van der Waals surface area contributed by atoms with Crippen LogP contribution in [0, 0.1) is 5.92 Å². The average molecular weight is 492 g/mol. The van der Waals surface area contributed by atoms with Gasteiger partial charge >= 0.3 is 5.97 Å². The number of carbonyl (C=O) groups is 4. The van der Waals surface area contributed by atoms with Crippen LogP contribution >= 0.6 is 12.6 Å². The lowest BCUT2D eigenvalue weighted by atomic mass is 9.98. The Balaban J connectivity index is 5.39. The highest BCUT2D eigenvalue weighted by Gasteiger charge is 2.31. The van der Waals surface area contributed by atoms with Crippen LogP contribution in [0.25, 0.3) is 0 Å². The van der Waals surface area contributed by atoms with Gasteiger partial charge in [0.15, 0.2) is 12.0 Å². The zero-order chi connectivity index (χ0) is 25.7. The van der Waals surface area contributed by atoms with Gasteiger partial charge in [-0.05, 0) is 25.7 Å². The number of aliphatic carboxylic acids is 1. The summed E-state index contributed by atoms with van der Waals surface area (Å²) in [5.41, 5.74) is 16.5. The van der Waals surface area contributed by atoms with E-state index in [0.29, 0.717) is 12.8 Å². The van der Waals surface area contributed by atoms with Crippen LogP contribution in [0.15, 0.2) is 4.99 Å². The molecule has 0 saturated carbocycles. The van der Waals surface area contributed by atoms with Crippen molar-refractivity contribution in [2.75, 3.05) is 12.3 Å². The van der Waals surface area contributed by atoms with Gasteiger partial charge in [-0.1, -0.05) is 20.3 Å². The number of carbonyl (C=O) groups excluding carboxylic acids is 3. The molecular weight excluding hydrogens is 454 g/mol. The summed E-state index contributed by atoms with van der Waals surface area (Å²) in [5, 5.41) is 25.9. The van der Waals surface area contributed by atoms with Gasteiger partial charge in [0.2, 0.25) is 17.7 Å². The normalized spacial score (nSPS) is 16.3. The first-order valence-electron chi connectivity index (χ1n) is 10.6. The fraction of sp³-hybridized carbons (Fsp3) is 0.737. The molecule has 0 aromatic rings. The summed E-state index contributed by atoms with van der Waals surface area (Å²) in [6.45, 7) is 5.10. The van der Waals surface area contributed by atoms with Gasteiger partial charge in [-0.25, -0.2) is 4.79 Å². The fourth-order valence-electron chi connectivity index (χ4n) is 2.66. The summed E-state index contributed by atoms with van der Waals surface area (Å²) < 4.78 is 0. The van der Waals surface area contributed by atoms with Crippen molar-refractivity contribution in [2.45, 2.75) is 70.3 Å².